The third-order valence-corrected chi connectivity index (χ3v) is 3.20. The van der Waals surface area contributed by atoms with E-state index < -0.39 is 15.9 Å². The van der Waals surface area contributed by atoms with Gasteiger partial charge in [0.1, 0.15) is 0 Å². The molecule has 2 aromatic carbocycles. The molecular weight excluding hydrogens is 316 g/mol. The van der Waals surface area contributed by atoms with Gasteiger partial charge in [-0.1, -0.05) is 24.3 Å². The van der Waals surface area contributed by atoms with Crippen LogP contribution in [0.2, 0.25) is 0 Å². The van der Waals surface area contributed by atoms with E-state index in [0.717, 1.165) is 11.1 Å². The monoisotopic (exact) mass is 330 g/mol. The number of hydrogen-bond acceptors (Lipinski definition) is 5. The van der Waals surface area contributed by atoms with Crippen LogP contribution in [-0.2, 0) is 13.1 Å². The maximum absolute atomic E-state index is 11.7. The fraction of sp³-hybridized carbons (Fsp3) is 0.133. The molecule has 24 heavy (non-hydrogen) atoms. The van der Waals surface area contributed by atoms with Crippen LogP contribution in [-0.4, -0.2) is 15.9 Å². The number of amides is 2. The largest absolute Gasteiger partial charge is 0.334 e. The number of rotatable bonds is 6. The van der Waals surface area contributed by atoms with Crippen molar-refractivity contribution in [2.75, 3.05) is 0 Å². The summed E-state index contributed by atoms with van der Waals surface area (Å²) < 4.78 is 0. The molecule has 0 aliphatic rings. The van der Waals surface area contributed by atoms with Gasteiger partial charge in [0.2, 0.25) is 0 Å². The SMILES string of the molecule is O=C(NCc1ccc([N+](=O)[O-])cc1)NCc1ccc([N+](=O)[O-])cc1. The van der Waals surface area contributed by atoms with Crippen molar-refractivity contribution in [3.63, 3.8) is 0 Å². The van der Waals surface area contributed by atoms with Gasteiger partial charge in [0.05, 0.1) is 9.85 Å². The number of carbonyl (C=O) groups is 1. The fourth-order valence-corrected chi connectivity index (χ4v) is 1.90. The smallest absolute Gasteiger partial charge is 0.315 e. The average molecular weight is 330 g/mol. The van der Waals surface area contributed by atoms with Crippen molar-refractivity contribution in [3.8, 4) is 0 Å². The van der Waals surface area contributed by atoms with Crippen molar-refractivity contribution < 1.29 is 14.6 Å². The van der Waals surface area contributed by atoms with Crippen LogP contribution < -0.4 is 10.6 Å². The van der Waals surface area contributed by atoms with Gasteiger partial charge in [-0.15, -0.1) is 0 Å². The number of urea groups is 1. The minimum atomic E-state index is -0.492. The Bertz CT molecular complexity index is 680. The highest BCUT2D eigenvalue weighted by Gasteiger charge is 2.06. The second kappa shape index (κ2) is 7.68. The van der Waals surface area contributed by atoms with Gasteiger partial charge in [-0.3, -0.25) is 20.2 Å². The maximum atomic E-state index is 11.7. The lowest BCUT2D eigenvalue weighted by Gasteiger charge is -2.07. The molecule has 0 aliphatic carbocycles. The number of nitro benzene ring substituents is 2. The average Bonchev–Trinajstić information content (AvgIpc) is 2.58. The lowest BCUT2D eigenvalue weighted by molar-refractivity contribution is -0.385. The van der Waals surface area contributed by atoms with Gasteiger partial charge < -0.3 is 10.6 Å². The fourth-order valence-electron chi connectivity index (χ4n) is 1.90. The van der Waals surface area contributed by atoms with Crippen molar-refractivity contribution in [1.29, 1.82) is 0 Å². The van der Waals surface area contributed by atoms with Crippen LogP contribution in [0.4, 0.5) is 16.2 Å². The molecule has 2 rings (SSSR count). The van der Waals surface area contributed by atoms with E-state index in [4.69, 9.17) is 0 Å². The van der Waals surface area contributed by atoms with Gasteiger partial charge in [-0.2, -0.15) is 0 Å². The Morgan fingerprint density at radius 2 is 1.08 bits per heavy atom. The summed E-state index contributed by atoms with van der Waals surface area (Å²) in [6.45, 7) is 0.453. The molecule has 2 aromatic rings. The molecule has 0 saturated carbocycles. The summed E-state index contributed by atoms with van der Waals surface area (Å²) in [7, 11) is 0. The Hall–Kier alpha value is -3.49. The summed E-state index contributed by atoms with van der Waals surface area (Å²) in [5, 5.41) is 26.3. The van der Waals surface area contributed by atoms with Crippen LogP contribution in [0.25, 0.3) is 0 Å². The predicted molar refractivity (Wildman–Crippen MR) is 85.3 cm³/mol. The van der Waals surface area contributed by atoms with E-state index in [9.17, 15) is 25.0 Å². The highest BCUT2D eigenvalue weighted by molar-refractivity contribution is 5.73. The van der Waals surface area contributed by atoms with E-state index in [2.05, 4.69) is 10.6 Å². The van der Waals surface area contributed by atoms with E-state index in [1.807, 2.05) is 0 Å². The number of nitro groups is 2. The molecule has 0 radical (unpaired) electrons. The van der Waals surface area contributed by atoms with Gasteiger partial charge in [0, 0.05) is 37.4 Å². The van der Waals surface area contributed by atoms with Gasteiger partial charge >= 0.3 is 6.03 Å². The molecule has 0 unspecified atom stereocenters. The van der Waals surface area contributed by atoms with Crippen molar-refractivity contribution in [1.82, 2.24) is 10.6 Å². The molecule has 2 amide bonds. The first-order valence-electron chi connectivity index (χ1n) is 6.94. The summed E-state index contributed by atoms with van der Waals surface area (Å²) in [4.78, 5) is 31.8. The van der Waals surface area contributed by atoms with E-state index in [1.54, 1.807) is 24.3 Å². The van der Waals surface area contributed by atoms with Gasteiger partial charge in [0.25, 0.3) is 11.4 Å². The lowest BCUT2D eigenvalue weighted by atomic mass is 10.2. The lowest BCUT2D eigenvalue weighted by Crippen LogP contribution is -2.34. The minimum absolute atomic E-state index is 0.0126. The zero-order chi connectivity index (χ0) is 17.5. The van der Waals surface area contributed by atoms with E-state index >= 15 is 0 Å². The molecule has 0 bridgehead atoms. The molecule has 124 valence electrons. The zero-order valence-electron chi connectivity index (χ0n) is 12.5. The van der Waals surface area contributed by atoms with Crippen molar-refractivity contribution in [2.45, 2.75) is 13.1 Å². The zero-order valence-corrected chi connectivity index (χ0v) is 12.5. The van der Waals surface area contributed by atoms with E-state index in [1.165, 1.54) is 24.3 Å². The highest BCUT2D eigenvalue weighted by atomic mass is 16.6. The van der Waals surface area contributed by atoms with Crippen molar-refractivity contribution >= 4 is 17.4 Å². The van der Waals surface area contributed by atoms with Gasteiger partial charge in [0.15, 0.2) is 0 Å². The third kappa shape index (κ3) is 4.77. The number of carbonyl (C=O) groups excluding carboxylic acids is 1. The number of hydrogen-bond donors (Lipinski definition) is 2. The summed E-state index contributed by atoms with van der Waals surface area (Å²) in [6, 6.07) is 11.3. The van der Waals surface area contributed by atoms with Crippen LogP contribution in [0.1, 0.15) is 11.1 Å². The summed E-state index contributed by atoms with van der Waals surface area (Å²) >= 11 is 0. The van der Waals surface area contributed by atoms with E-state index in [-0.39, 0.29) is 24.5 Å². The Morgan fingerprint density at radius 3 is 1.38 bits per heavy atom. The predicted octanol–water partition coefficient (Wildman–Crippen LogP) is 2.50. The van der Waals surface area contributed by atoms with Gasteiger partial charge in [-0.25, -0.2) is 4.79 Å². The first-order valence-corrected chi connectivity index (χ1v) is 6.94. The number of nitrogens with one attached hydrogen (secondary N) is 2. The molecule has 2 N–H and O–H groups in total. The summed E-state index contributed by atoms with van der Waals surface area (Å²) in [5.41, 5.74) is 1.43. The number of nitrogens with zero attached hydrogens (tertiary/aromatic N) is 2. The van der Waals surface area contributed by atoms with Crippen LogP contribution in [0, 0.1) is 20.2 Å². The standard InChI is InChI=1S/C15H14N4O5/c20-15(16-9-11-1-5-13(6-2-11)18(21)22)17-10-12-3-7-14(8-4-12)19(23)24/h1-8H,9-10H2,(H2,16,17,20). The van der Waals surface area contributed by atoms with Crippen LogP contribution >= 0.6 is 0 Å². The molecular formula is C15H14N4O5. The molecule has 0 saturated heterocycles. The minimum Gasteiger partial charge on any atom is -0.334 e. The molecule has 0 fully saturated rings. The first-order chi connectivity index (χ1) is 11.5. The molecule has 0 atom stereocenters. The van der Waals surface area contributed by atoms with Crippen LogP contribution in [0.5, 0.6) is 0 Å². The Labute approximate surface area is 136 Å². The third-order valence-electron chi connectivity index (χ3n) is 3.20. The maximum Gasteiger partial charge on any atom is 0.315 e. The Balaban J connectivity index is 1.78. The van der Waals surface area contributed by atoms with Crippen molar-refractivity contribution in [3.05, 3.63) is 79.9 Å². The summed E-state index contributed by atoms with van der Waals surface area (Å²) in [6.07, 6.45) is 0. The Morgan fingerprint density at radius 1 is 0.750 bits per heavy atom. The van der Waals surface area contributed by atoms with Crippen LogP contribution in [0.15, 0.2) is 48.5 Å². The molecule has 0 aromatic heterocycles. The molecule has 0 aliphatic heterocycles. The van der Waals surface area contributed by atoms with Crippen LogP contribution in [0.3, 0.4) is 0 Å². The number of non-ortho nitro benzene ring substituents is 2. The Kier molecular flexibility index (Phi) is 5.40. The second-order valence-electron chi connectivity index (χ2n) is 4.88. The first kappa shape index (κ1) is 16.9. The normalized spacial score (nSPS) is 10.0. The molecule has 0 heterocycles. The van der Waals surface area contributed by atoms with Gasteiger partial charge in [-0.05, 0) is 11.1 Å². The second-order valence-corrected chi connectivity index (χ2v) is 4.88. The van der Waals surface area contributed by atoms with Crippen molar-refractivity contribution in [2.24, 2.45) is 0 Å². The molecule has 9 nitrogen and oxygen atoms in total. The number of benzene rings is 2. The highest BCUT2D eigenvalue weighted by Crippen LogP contribution is 2.12. The molecule has 0 spiro atoms. The quantitative estimate of drug-likeness (QED) is 0.621. The molecule has 9 heteroatoms. The summed E-state index contributed by atoms with van der Waals surface area (Å²) in [5.74, 6) is 0. The van der Waals surface area contributed by atoms with E-state index in [0.29, 0.717) is 0 Å². The topological polar surface area (TPSA) is 127 Å².